The van der Waals surface area contributed by atoms with Gasteiger partial charge in [0.05, 0.1) is 12.6 Å². The molecule has 1 aromatic rings. The van der Waals surface area contributed by atoms with Crippen molar-refractivity contribution in [2.75, 3.05) is 46.6 Å². The lowest BCUT2D eigenvalue weighted by atomic mass is 10.1. The second-order valence-electron chi connectivity index (χ2n) is 7.09. The van der Waals surface area contributed by atoms with Gasteiger partial charge in [0.1, 0.15) is 5.75 Å². The van der Waals surface area contributed by atoms with Gasteiger partial charge in [0.15, 0.2) is 12.6 Å². The normalized spacial score (nSPS) is 16.0. The van der Waals surface area contributed by atoms with Gasteiger partial charge >= 0.3 is 6.18 Å². The molecule has 0 bridgehead atoms. The van der Waals surface area contributed by atoms with Crippen molar-refractivity contribution in [3.05, 3.63) is 29.8 Å². The first kappa shape index (κ1) is 24.3. The highest BCUT2D eigenvalue weighted by Gasteiger charge is 2.28. The lowest BCUT2D eigenvalue weighted by molar-refractivity contribution is -0.153. The molecule has 1 aliphatic rings. The van der Waals surface area contributed by atoms with Crippen molar-refractivity contribution < 1.29 is 27.4 Å². The fourth-order valence-corrected chi connectivity index (χ4v) is 3.21. The fourth-order valence-electron chi connectivity index (χ4n) is 3.21. The van der Waals surface area contributed by atoms with Crippen LogP contribution in [0.3, 0.4) is 0 Å². The van der Waals surface area contributed by atoms with Crippen LogP contribution in [0.2, 0.25) is 0 Å². The first-order valence-corrected chi connectivity index (χ1v) is 10.3. The van der Waals surface area contributed by atoms with E-state index in [9.17, 15) is 13.2 Å². The molecule has 2 rings (SSSR count). The van der Waals surface area contributed by atoms with E-state index in [2.05, 4.69) is 15.2 Å². The predicted octanol–water partition coefficient (Wildman–Crippen LogP) is 3.61. The number of halogens is 3. The van der Waals surface area contributed by atoms with Crippen molar-refractivity contribution in [3.63, 3.8) is 0 Å². The summed E-state index contributed by atoms with van der Waals surface area (Å²) in [5.41, 5.74) is 0.619. The van der Waals surface area contributed by atoms with Crippen molar-refractivity contribution in [2.24, 2.45) is 4.99 Å². The van der Waals surface area contributed by atoms with Crippen molar-refractivity contribution >= 4 is 5.96 Å². The molecule has 0 aromatic heterocycles. The lowest BCUT2D eigenvalue weighted by Crippen LogP contribution is -2.47. The van der Waals surface area contributed by atoms with E-state index < -0.39 is 12.8 Å². The maximum atomic E-state index is 12.5. The van der Waals surface area contributed by atoms with Gasteiger partial charge in [0.25, 0.3) is 0 Å². The summed E-state index contributed by atoms with van der Waals surface area (Å²) < 4.78 is 53.4. The molecule has 1 aromatic carbocycles. The highest BCUT2D eigenvalue weighted by atomic mass is 19.4. The Morgan fingerprint density at radius 3 is 2.60 bits per heavy atom. The summed E-state index contributed by atoms with van der Waals surface area (Å²) in [7, 11) is 1.68. The number of methoxy groups -OCH3 is 1. The van der Waals surface area contributed by atoms with Gasteiger partial charge in [0.2, 0.25) is 0 Å². The van der Waals surface area contributed by atoms with E-state index >= 15 is 0 Å². The Kier molecular flexibility index (Phi) is 10.2. The zero-order chi connectivity index (χ0) is 21.8. The number of guanidine groups is 1. The SMILES string of the molecule is CCNC(=NCc1ccccc1OCC(F)(F)F)N1CCC(OCCCOC)CC1. The Hall–Kier alpha value is -2.00. The average Bonchev–Trinajstić information content (AvgIpc) is 2.73. The molecule has 170 valence electrons. The third-order valence-corrected chi connectivity index (χ3v) is 4.69. The minimum absolute atomic E-state index is 0.206. The molecule has 0 aliphatic carbocycles. The standard InChI is InChI=1S/C21H32F3N3O3/c1-3-25-20(27-11-9-18(10-12-27)29-14-6-13-28-2)26-15-17-7-4-5-8-19(17)30-16-21(22,23)24/h4-5,7-8,18H,3,6,9-16H2,1-2H3,(H,25,26). The lowest BCUT2D eigenvalue weighted by Gasteiger charge is -2.34. The molecule has 6 nitrogen and oxygen atoms in total. The number of para-hydroxylation sites is 1. The Bertz CT molecular complexity index is 648. The molecular weight excluding hydrogens is 399 g/mol. The highest BCUT2D eigenvalue weighted by Crippen LogP contribution is 2.23. The molecule has 0 saturated carbocycles. The van der Waals surface area contributed by atoms with Crippen molar-refractivity contribution in [3.8, 4) is 5.75 Å². The smallest absolute Gasteiger partial charge is 0.422 e. The number of hydrogen-bond acceptors (Lipinski definition) is 4. The van der Waals surface area contributed by atoms with Gasteiger partial charge in [-0.3, -0.25) is 0 Å². The predicted molar refractivity (Wildman–Crippen MR) is 110 cm³/mol. The van der Waals surface area contributed by atoms with Crippen LogP contribution < -0.4 is 10.1 Å². The van der Waals surface area contributed by atoms with E-state index in [1.807, 2.05) is 6.92 Å². The quantitative estimate of drug-likeness (QED) is 0.349. The second-order valence-corrected chi connectivity index (χ2v) is 7.09. The molecule has 1 aliphatic heterocycles. The molecule has 0 radical (unpaired) electrons. The second kappa shape index (κ2) is 12.6. The summed E-state index contributed by atoms with van der Waals surface area (Å²) in [5.74, 6) is 0.957. The van der Waals surface area contributed by atoms with Crippen molar-refractivity contribution in [1.29, 1.82) is 0 Å². The van der Waals surface area contributed by atoms with Crippen molar-refractivity contribution in [2.45, 2.75) is 45.0 Å². The number of ether oxygens (including phenoxy) is 3. The average molecular weight is 431 g/mol. The molecule has 30 heavy (non-hydrogen) atoms. The molecular formula is C21H32F3N3O3. The maximum absolute atomic E-state index is 12.5. The summed E-state index contributed by atoms with van der Waals surface area (Å²) in [6.45, 7) is 4.64. The Labute approximate surface area is 176 Å². The van der Waals surface area contributed by atoms with E-state index in [0.29, 0.717) is 25.3 Å². The number of nitrogens with zero attached hydrogens (tertiary/aromatic N) is 2. The van der Waals surface area contributed by atoms with E-state index in [0.717, 1.165) is 38.3 Å². The van der Waals surface area contributed by atoms with Crippen LogP contribution in [0.15, 0.2) is 29.3 Å². The molecule has 1 N–H and O–H groups in total. The van der Waals surface area contributed by atoms with Gasteiger partial charge in [-0.15, -0.1) is 0 Å². The van der Waals surface area contributed by atoms with Crippen LogP contribution in [0.1, 0.15) is 31.7 Å². The zero-order valence-corrected chi connectivity index (χ0v) is 17.7. The highest BCUT2D eigenvalue weighted by molar-refractivity contribution is 5.80. The topological polar surface area (TPSA) is 55.3 Å². The Balaban J connectivity index is 1.92. The van der Waals surface area contributed by atoms with Gasteiger partial charge in [-0.1, -0.05) is 18.2 Å². The van der Waals surface area contributed by atoms with Gasteiger partial charge in [0, 0.05) is 45.5 Å². The van der Waals surface area contributed by atoms with Crippen molar-refractivity contribution in [1.82, 2.24) is 10.2 Å². The number of alkyl halides is 3. The van der Waals surface area contributed by atoms with Gasteiger partial charge in [-0.2, -0.15) is 13.2 Å². The van der Waals surface area contributed by atoms with Crippen LogP contribution in [0.4, 0.5) is 13.2 Å². The number of nitrogens with one attached hydrogen (secondary N) is 1. The number of piperidine rings is 1. The molecule has 1 fully saturated rings. The van der Waals surface area contributed by atoms with Crippen LogP contribution in [0.5, 0.6) is 5.75 Å². The number of aliphatic imine (C=N–C) groups is 1. The summed E-state index contributed by atoms with van der Waals surface area (Å²) >= 11 is 0. The van der Waals surface area contributed by atoms with E-state index in [1.54, 1.807) is 25.3 Å². The summed E-state index contributed by atoms with van der Waals surface area (Å²) in [4.78, 5) is 6.80. The molecule has 0 spiro atoms. The first-order chi connectivity index (χ1) is 14.4. The third kappa shape index (κ3) is 8.79. The maximum Gasteiger partial charge on any atom is 0.422 e. The van der Waals surface area contributed by atoms with Gasteiger partial charge in [-0.05, 0) is 32.3 Å². The molecule has 9 heteroatoms. The Morgan fingerprint density at radius 1 is 1.20 bits per heavy atom. The van der Waals surface area contributed by atoms with E-state index in [4.69, 9.17) is 14.2 Å². The number of likely N-dealkylation sites (tertiary alicyclic amines) is 1. The van der Waals surface area contributed by atoms with Gasteiger partial charge in [-0.25, -0.2) is 4.99 Å². The van der Waals surface area contributed by atoms with E-state index in [-0.39, 0.29) is 18.4 Å². The van der Waals surface area contributed by atoms with Crippen LogP contribution in [-0.4, -0.2) is 69.7 Å². The largest absolute Gasteiger partial charge is 0.484 e. The monoisotopic (exact) mass is 431 g/mol. The first-order valence-electron chi connectivity index (χ1n) is 10.3. The number of rotatable bonds is 10. The molecule has 0 amide bonds. The van der Waals surface area contributed by atoms with Crippen LogP contribution in [0, 0.1) is 0 Å². The minimum atomic E-state index is -4.37. The molecule has 0 atom stereocenters. The Morgan fingerprint density at radius 2 is 1.93 bits per heavy atom. The van der Waals surface area contributed by atoms with Crippen LogP contribution in [-0.2, 0) is 16.0 Å². The molecule has 0 unspecified atom stereocenters. The summed E-state index contributed by atoms with van der Waals surface area (Å²) in [5, 5.41) is 3.27. The summed E-state index contributed by atoms with van der Waals surface area (Å²) in [6, 6.07) is 6.70. The van der Waals surface area contributed by atoms with E-state index in [1.165, 1.54) is 6.07 Å². The minimum Gasteiger partial charge on any atom is -0.484 e. The summed E-state index contributed by atoms with van der Waals surface area (Å²) in [6.07, 6.45) is -1.44. The fraction of sp³-hybridized carbons (Fsp3) is 0.667. The zero-order valence-electron chi connectivity index (χ0n) is 17.7. The van der Waals surface area contributed by atoms with Gasteiger partial charge < -0.3 is 24.4 Å². The van der Waals surface area contributed by atoms with Crippen LogP contribution >= 0.6 is 0 Å². The molecule has 1 saturated heterocycles. The third-order valence-electron chi connectivity index (χ3n) is 4.69. The number of benzene rings is 1. The number of hydrogen-bond donors (Lipinski definition) is 1. The van der Waals surface area contributed by atoms with Crippen LogP contribution in [0.25, 0.3) is 0 Å². The molecule has 1 heterocycles.